The first-order chi connectivity index (χ1) is 13.2. The molecule has 2 fully saturated rings. The molecule has 0 aliphatic carbocycles. The fourth-order valence-electron chi connectivity index (χ4n) is 3.71. The summed E-state index contributed by atoms with van der Waals surface area (Å²) < 4.78 is 11.6. The molecule has 3 amide bonds. The predicted octanol–water partition coefficient (Wildman–Crippen LogP) is 3.34. The lowest BCUT2D eigenvalue weighted by atomic mass is 9.89. The van der Waals surface area contributed by atoms with Crippen LogP contribution in [0.1, 0.15) is 33.6 Å². The second-order valence-corrected chi connectivity index (χ2v) is 8.60. The van der Waals surface area contributed by atoms with Crippen molar-refractivity contribution in [2.75, 3.05) is 44.7 Å². The topological polar surface area (TPSA) is 62.3 Å². The quantitative estimate of drug-likeness (QED) is 0.739. The molecule has 28 heavy (non-hydrogen) atoms. The number of hydrogen-bond donors (Lipinski definition) is 0. The van der Waals surface area contributed by atoms with Crippen LogP contribution in [0.15, 0.2) is 30.3 Å². The van der Waals surface area contributed by atoms with Gasteiger partial charge in [-0.1, -0.05) is 18.2 Å². The molecule has 0 saturated carbocycles. The Balaban J connectivity index is 1.59. The fraction of sp³-hybridized carbons (Fsp3) is 0.619. The molecular weight excluding hydrogens is 358 g/mol. The van der Waals surface area contributed by atoms with Crippen molar-refractivity contribution >= 4 is 17.8 Å². The van der Waals surface area contributed by atoms with Gasteiger partial charge in [-0.15, -0.1) is 0 Å². The Morgan fingerprint density at radius 1 is 1.07 bits per heavy atom. The minimum absolute atomic E-state index is 0.0246. The average Bonchev–Trinajstić information content (AvgIpc) is 2.67. The van der Waals surface area contributed by atoms with Crippen LogP contribution < -0.4 is 4.90 Å². The van der Waals surface area contributed by atoms with Gasteiger partial charge in [-0.25, -0.2) is 9.59 Å². The number of morpholine rings is 1. The predicted molar refractivity (Wildman–Crippen MR) is 108 cm³/mol. The van der Waals surface area contributed by atoms with E-state index in [9.17, 15) is 9.59 Å². The Hall–Kier alpha value is -2.28. The lowest BCUT2D eigenvalue weighted by Crippen LogP contribution is -2.60. The smallest absolute Gasteiger partial charge is 0.410 e. The highest BCUT2D eigenvalue weighted by Gasteiger charge is 2.43. The van der Waals surface area contributed by atoms with Gasteiger partial charge in [0.05, 0.1) is 18.8 Å². The van der Waals surface area contributed by atoms with E-state index in [0.29, 0.717) is 45.6 Å². The number of carbonyl (C=O) groups excluding carboxylic acids is 2. The van der Waals surface area contributed by atoms with Gasteiger partial charge in [0.1, 0.15) is 5.60 Å². The number of hydrogen-bond acceptors (Lipinski definition) is 4. The highest BCUT2D eigenvalue weighted by molar-refractivity contribution is 5.91. The van der Waals surface area contributed by atoms with Crippen LogP contribution in [-0.2, 0) is 9.47 Å². The number of urea groups is 1. The fourth-order valence-corrected chi connectivity index (χ4v) is 3.71. The van der Waals surface area contributed by atoms with E-state index in [0.717, 1.165) is 5.69 Å². The Kier molecular flexibility index (Phi) is 5.84. The average molecular weight is 389 g/mol. The Morgan fingerprint density at radius 3 is 2.32 bits per heavy atom. The molecule has 2 aliphatic heterocycles. The molecule has 2 saturated heterocycles. The Morgan fingerprint density at radius 2 is 1.71 bits per heavy atom. The molecular formula is C21H31N3O4. The molecule has 0 aromatic heterocycles. The molecule has 154 valence electrons. The van der Waals surface area contributed by atoms with Crippen LogP contribution in [-0.4, -0.2) is 73.0 Å². The van der Waals surface area contributed by atoms with Crippen LogP contribution in [0.4, 0.5) is 15.3 Å². The monoisotopic (exact) mass is 389 g/mol. The van der Waals surface area contributed by atoms with E-state index in [-0.39, 0.29) is 17.7 Å². The van der Waals surface area contributed by atoms with Crippen molar-refractivity contribution in [1.82, 2.24) is 9.80 Å². The maximum Gasteiger partial charge on any atom is 0.410 e. The van der Waals surface area contributed by atoms with Crippen molar-refractivity contribution in [2.24, 2.45) is 0 Å². The molecule has 0 radical (unpaired) electrons. The van der Waals surface area contributed by atoms with Crippen LogP contribution in [0.25, 0.3) is 0 Å². The van der Waals surface area contributed by atoms with E-state index in [1.54, 1.807) is 16.8 Å². The summed E-state index contributed by atoms with van der Waals surface area (Å²) in [6.07, 6.45) is 1.12. The number of amides is 3. The molecule has 2 aliphatic rings. The van der Waals surface area contributed by atoms with Gasteiger partial charge in [-0.2, -0.15) is 0 Å². The Bertz CT molecular complexity index is 693. The molecule has 1 aromatic carbocycles. The number of rotatable bonds is 1. The molecule has 7 heteroatoms. The van der Waals surface area contributed by atoms with Crippen molar-refractivity contribution in [3.8, 4) is 0 Å². The largest absolute Gasteiger partial charge is 0.444 e. The van der Waals surface area contributed by atoms with Gasteiger partial charge in [-0.3, -0.25) is 4.90 Å². The minimum Gasteiger partial charge on any atom is -0.444 e. The minimum atomic E-state index is -0.501. The highest BCUT2D eigenvalue weighted by Crippen LogP contribution is 2.31. The van der Waals surface area contributed by atoms with Crippen LogP contribution in [0.5, 0.6) is 0 Å². The SMILES string of the molecule is CN(C(=O)N1CCOC2(CCN(C(=O)OC(C)(C)C)CC2)C1)c1ccccc1. The van der Waals surface area contributed by atoms with E-state index in [2.05, 4.69) is 0 Å². The van der Waals surface area contributed by atoms with Gasteiger partial charge in [-0.05, 0) is 45.7 Å². The number of carbonyl (C=O) groups is 2. The molecule has 2 heterocycles. The van der Waals surface area contributed by atoms with Crippen LogP contribution in [0.3, 0.4) is 0 Å². The number of ether oxygens (including phenoxy) is 2. The van der Waals surface area contributed by atoms with Crippen molar-refractivity contribution in [3.63, 3.8) is 0 Å². The normalized spacial score (nSPS) is 19.4. The summed E-state index contributed by atoms with van der Waals surface area (Å²) in [7, 11) is 1.80. The van der Waals surface area contributed by atoms with Crippen molar-refractivity contribution in [2.45, 2.75) is 44.8 Å². The molecule has 0 unspecified atom stereocenters. The van der Waals surface area contributed by atoms with Crippen LogP contribution >= 0.6 is 0 Å². The van der Waals surface area contributed by atoms with Crippen LogP contribution in [0, 0.1) is 0 Å². The van der Waals surface area contributed by atoms with Crippen LogP contribution in [0.2, 0.25) is 0 Å². The van der Waals surface area contributed by atoms with Gasteiger partial charge < -0.3 is 19.3 Å². The van der Waals surface area contributed by atoms with Gasteiger partial charge in [0.25, 0.3) is 0 Å². The molecule has 0 N–H and O–H groups in total. The first kappa shape index (κ1) is 20.5. The summed E-state index contributed by atoms with van der Waals surface area (Å²) in [6, 6.07) is 9.60. The number of anilines is 1. The zero-order chi connectivity index (χ0) is 20.4. The molecule has 1 spiro atoms. The lowest BCUT2D eigenvalue weighted by molar-refractivity contribution is -0.124. The van der Waals surface area contributed by atoms with Gasteiger partial charge in [0, 0.05) is 32.4 Å². The zero-order valence-corrected chi connectivity index (χ0v) is 17.3. The molecule has 7 nitrogen and oxygen atoms in total. The summed E-state index contributed by atoms with van der Waals surface area (Å²) in [4.78, 5) is 30.5. The van der Waals surface area contributed by atoms with Gasteiger partial charge in [0.2, 0.25) is 0 Å². The molecule has 0 bridgehead atoms. The van der Waals surface area contributed by atoms with E-state index in [1.165, 1.54) is 0 Å². The second kappa shape index (κ2) is 7.99. The van der Waals surface area contributed by atoms with E-state index >= 15 is 0 Å². The number of para-hydroxylation sites is 1. The van der Waals surface area contributed by atoms with Gasteiger partial charge >= 0.3 is 12.1 Å². The standard InChI is InChI=1S/C21H31N3O4/c1-20(2,3)28-19(26)23-12-10-21(11-13-23)16-24(14-15-27-21)18(25)22(4)17-8-6-5-7-9-17/h5-9H,10-16H2,1-4H3. The maximum absolute atomic E-state index is 13.0. The first-order valence-electron chi connectivity index (χ1n) is 9.89. The molecule has 1 aromatic rings. The number of benzene rings is 1. The number of piperidine rings is 1. The zero-order valence-electron chi connectivity index (χ0n) is 17.3. The van der Waals surface area contributed by atoms with Crippen molar-refractivity contribution in [3.05, 3.63) is 30.3 Å². The lowest BCUT2D eigenvalue weighted by Gasteiger charge is -2.47. The van der Waals surface area contributed by atoms with Gasteiger partial charge in [0.15, 0.2) is 0 Å². The van der Waals surface area contributed by atoms with Crippen molar-refractivity contribution < 1.29 is 19.1 Å². The second-order valence-electron chi connectivity index (χ2n) is 8.60. The first-order valence-corrected chi connectivity index (χ1v) is 9.89. The third kappa shape index (κ3) is 4.76. The van der Waals surface area contributed by atoms with E-state index in [1.807, 2.05) is 56.0 Å². The summed E-state index contributed by atoms with van der Waals surface area (Å²) in [5.41, 5.74) is -0.0178. The van der Waals surface area contributed by atoms with E-state index in [4.69, 9.17) is 9.47 Å². The molecule has 3 rings (SSSR count). The molecule has 0 atom stereocenters. The summed E-state index contributed by atoms with van der Waals surface area (Å²) in [6.45, 7) is 8.39. The third-order valence-electron chi connectivity index (χ3n) is 5.28. The van der Waals surface area contributed by atoms with E-state index < -0.39 is 5.60 Å². The Labute approximate surface area is 167 Å². The summed E-state index contributed by atoms with van der Waals surface area (Å²) in [5.74, 6) is 0. The van der Waals surface area contributed by atoms with Crippen molar-refractivity contribution in [1.29, 1.82) is 0 Å². The maximum atomic E-state index is 13.0. The summed E-state index contributed by atoms with van der Waals surface area (Å²) in [5, 5.41) is 0. The number of likely N-dealkylation sites (tertiary alicyclic amines) is 1. The highest BCUT2D eigenvalue weighted by atomic mass is 16.6. The number of nitrogens with zero attached hydrogens (tertiary/aromatic N) is 3. The summed E-state index contributed by atoms with van der Waals surface area (Å²) >= 11 is 0. The third-order valence-corrected chi connectivity index (χ3v) is 5.28.